The summed E-state index contributed by atoms with van der Waals surface area (Å²) in [6.07, 6.45) is -7.88. The molecule has 188 valence electrons. The number of alkyl carbamates (subject to hydrolysis) is 1. The topological polar surface area (TPSA) is 114 Å². The first-order valence-corrected chi connectivity index (χ1v) is 10.7. The number of ether oxygens (including phenoxy) is 2. The maximum atomic E-state index is 13.9. The molecule has 0 bridgehead atoms. The highest BCUT2D eigenvalue weighted by Gasteiger charge is 2.59. The number of halogens is 3. The molecule has 0 aliphatic heterocycles. The molecule has 11 heteroatoms. The van der Waals surface area contributed by atoms with Crippen LogP contribution in [0.3, 0.4) is 0 Å². The Kier molecular flexibility index (Phi) is 7.39. The van der Waals surface area contributed by atoms with E-state index in [9.17, 15) is 32.7 Å². The number of carbonyl (C=O) groups excluding carboxylic acids is 2. The van der Waals surface area contributed by atoms with Gasteiger partial charge in [-0.3, -0.25) is 10.1 Å². The highest BCUT2D eigenvalue weighted by molar-refractivity contribution is 5.93. The van der Waals surface area contributed by atoms with Crippen LogP contribution >= 0.6 is 0 Å². The number of hydrogen-bond donors (Lipinski definition) is 3. The first kappa shape index (κ1) is 26.0. The monoisotopic (exact) mass is 494 g/mol. The van der Waals surface area contributed by atoms with E-state index in [1.54, 1.807) is 10.6 Å². The molecule has 0 fully saturated rings. The average Bonchev–Trinajstić information content (AvgIpc) is 3.13. The first-order valence-electron chi connectivity index (χ1n) is 10.7. The average molecular weight is 494 g/mol. The molecular formula is C24H25F3N2O6. The second kappa shape index (κ2) is 9.95. The van der Waals surface area contributed by atoms with Crippen LogP contribution in [0.5, 0.6) is 0 Å². The van der Waals surface area contributed by atoms with Crippen LogP contribution in [0.2, 0.25) is 0 Å². The SMILES string of the molecule is COC(C)C(NC(=O)C(C)(NC(=O)OCC1c2ccccc2-c2ccccc21)C(F)(F)F)C(=O)O. The van der Waals surface area contributed by atoms with Crippen LogP contribution in [0.4, 0.5) is 18.0 Å². The van der Waals surface area contributed by atoms with Crippen LogP contribution in [0.25, 0.3) is 11.1 Å². The van der Waals surface area contributed by atoms with Gasteiger partial charge in [0.05, 0.1) is 6.10 Å². The fraction of sp³-hybridized carbons (Fsp3) is 0.375. The van der Waals surface area contributed by atoms with E-state index in [1.165, 1.54) is 6.92 Å². The predicted octanol–water partition coefficient (Wildman–Crippen LogP) is 3.45. The Labute approximate surface area is 199 Å². The zero-order chi connectivity index (χ0) is 26.0. The smallest absolute Gasteiger partial charge is 0.420 e. The molecule has 0 saturated carbocycles. The Hall–Kier alpha value is -3.60. The summed E-state index contributed by atoms with van der Waals surface area (Å²) in [6.45, 7) is 1.43. The van der Waals surface area contributed by atoms with Gasteiger partial charge in [-0.1, -0.05) is 48.5 Å². The maximum Gasteiger partial charge on any atom is 0.420 e. The van der Waals surface area contributed by atoms with Crippen molar-refractivity contribution in [1.29, 1.82) is 0 Å². The van der Waals surface area contributed by atoms with Crippen LogP contribution in [0.15, 0.2) is 48.5 Å². The van der Waals surface area contributed by atoms with Gasteiger partial charge in [0.2, 0.25) is 5.54 Å². The Morgan fingerprint density at radius 1 is 1.03 bits per heavy atom. The summed E-state index contributed by atoms with van der Waals surface area (Å²) >= 11 is 0. The molecule has 3 N–H and O–H groups in total. The normalized spacial score (nSPS) is 16.3. The van der Waals surface area contributed by atoms with Crippen molar-refractivity contribution in [3.05, 3.63) is 59.7 Å². The van der Waals surface area contributed by atoms with E-state index in [2.05, 4.69) is 0 Å². The number of rotatable bonds is 8. The molecular weight excluding hydrogens is 469 g/mol. The van der Waals surface area contributed by atoms with Crippen molar-refractivity contribution < 1.29 is 42.1 Å². The summed E-state index contributed by atoms with van der Waals surface area (Å²) in [5.41, 5.74) is 0.120. The molecule has 2 aromatic rings. The number of amides is 2. The molecule has 3 rings (SSSR count). The number of aliphatic carboxylic acids is 1. The minimum absolute atomic E-state index is 0.270. The van der Waals surface area contributed by atoms with Crippen molar-refractivity contribution in [1.82, 2.24) is 10.6 Å². The lowest BCUT2D eigenvalue weighted by molar-refractivity contribution is -0.195. The molecule has 0 radical (unpaired) electrons. The predicted molar refractivity (Wildman–Crippen MR) is 119 cm³/mol. The lowest BCUT2D eigenvalue weighted by atomic mass is 9.98. The van der Waals surface area contributed by atoms with Gasteiger partial charge in [-0.25, -0.2) is 9.59 Å². The standard InChI is InChI=1S/C24H25F3N2O6/c1-13(34-3)19(20(30)31)28-21(32)23(2,24(25,26)27)29-22(33)35-12-18-16-10-6-4-8-14(16)15-9-5-7-11-17(15)18/h4-11,13,18-19H,12H2,1-3H3,(H,28,32)(H,29,33)(H,30,31). The highest BCUT2D eigenvalue weighted by atomic mass is 19.4. The van der Waals surface area contributed by atoms with Gasteiger partial charge in [-0.2, -0.15) is 13.2 Å². The summed E-state index contributed by atoms with van der Waals surface area (Å²) < 4.78 is 51.6. The van der Waals surface area contributed by atoms with Crippen molar-refractivity contribution in [2.24, 2.45) is 0 Å². The van der Waals surface area contributed by atoms with Crippen molar-refractivity contribution in [3.8, 4) is 11.1 Å². The van der Waals surface area contributed by atoms with Crippen LogP contribution < -0.4 is 10.6 Å². The summed E-state index contributed by atoms with van der Waals surface area (Å²) in [5.74, 6) is -3.77. The van der Waals surface area contributed by atoms with Crippen molar-refractivity contribution in [2.75, 3.05) is 13.7 Å². The number of hydrogen-bond acceptors (Lipinski definition) is 5. The zero-order valence-corrected chi connectivity index (χ0v) is 19.2. The maximum absolute atomic E-state index is 13.9. The Bertz CT molecular complexity index is 1080. The second-order valence-electron chi connectivity index (χ2n) is 8.30. The lowest BCUT2D eigenvalue weighted by Crippen LogP contribution is -2.67. The van der Waals surface area contributed by atoms with E-state index < -0.39 is 47.7 Å². The van der Waals surface area contributed by atoms with E-state index >= 15 is 0 Å². The van der Waals surface area contributed by atoms with Gasteiger partial charge in [0.1, 0.15) is 6.61 Å². The molecule has 3 atom stereocenters. The molecule has 1 aliphatic rings. The van der Waals surface area contributed by atoms with Crippen molar-refractivity contribution in [2.45, 2.75) is 43.6 Å². The third-order valence-electron chi connectivity index (χ3n) is 6.11. The third kappa shape index (κ3) is 5.09. The molecule has 2 amide bonds. The van der Waals surface area contributed by atoms with Crippen LogP contribution in [-0.2, 0) is 19.1 Å². The Morgan fingerprint density at radius 3 is 2.00 bits per heavy atom. The molecule has 2 aromatic carbocycles. The molecule has 1 aliphatic carbocycles. The highest BCUT2D eigenvalue weighted by Crippen LogP contribution is 2.44. The first-order chi connectivity index (χ1) is 16.4. The van der Waals surface area contributed by atoms with E-state index in [0.29, 0.717) is 6.92 Å². The fourth-order valence-electron chi connectivity index (χ4n) is 3.90. The summed E-state index contributed by atoms with van der Waals surface area (Å²) in [6, 6.07) is 13.0. The van der Waals surface area contributed by atoms with Gasteiger partial charge in [0.15, 0.2) is 6.04 Å². The molecule has 8 nitrogen and oxygen atoms in total. The number of alkyl halides is 3. The van der Waals surface area contributed by atoms with E-state index in [1.807, 2.05) is 48.5 Å². The fourth-order valence-corrected chi connectivity index (χ4v) is 3.90. The van der Waals surface area contributed by atoms with Crippen molar-refractivity contribution >= 4 is 18.0 Å². The minimum Gasteiger partial charge on any atom is -0.480 e. The molecule has 3 unspecified atom stereocenters. The summed E-state index contributed by atoms with van der Waals surface area (Å²) in [5, 5.41) is 12.6. The number of nitrogens with one attached hydrogen (secondary N) is 2. The summed E-state index contributed by atoms with van der Waals surface area (Å²) in [7, 11) is 1.14. The van der Waals surface area contributed by atoms with Crippen LogP contribution in [0.1, 0.15) is 30.9 Å². The van der Waals surface area contributed by atoms with Gasteiger partial charge in [-0.05, 0) is 36.1 Å². The molecule has 0 spiro atoms. The van der Waals surface area contributed by atoms with Gasteiger partial charge in [0, 0.05) is 13.0 Å². The summed E-state index contributed by atoms with van der Waals surface area (Å²) in [4.78, 5) is 36.4. The quantitative estimate of drug-likeness (QED) is 0.518. The lowest BCUT2D eigenvalue weighted by Gasteiger charge is -2.33. The van der Waals surface area contributed by atoms with E-state index in [-0.39, 0.29) is 6.61 Å². The van der Waals surface area contributed by atoms with Crippen LogP contribution in [0, 0.1) is 0 Å². The second-order valence-corrected chi connectivity index (χ2v) is 8.30. The number of fused-ring (bicyclic) bond motifs is 3. The Morgan fingerprint density at radius 2 is 1.54 bits per heavy atom. The van der Waals surface area contributed by atoms with Gasteiger partial charge >= 0.3 is 18.2 Å². The molecule has 0 saturated heterocycles. The molecule has 35 heavy (non-hydrogen) atoms. The number of carboxylic acids is 1. The van der Waals surface area contributed by atoms with Crippen molar-refractivity contribution in [3.63, 3.8) is 0 Å². The molecule has 0 aromatic heterocycles. The van der Waals surface area contributed by atoms with Crippen LogP contribution in [-0.4, -0.2) is 60.7 Å². The number of carboxylic acid groups (broad SMARTS) is 1. The van der Waals surface area contributed by atoms with Gasteiger partial charge < -0.3 is 19.9 Å². The number of methoxy groups -OCH3 is 1. The molecule has 0 heterocycles. The Balaban J connectivity index is 1.76. The third-order valence-corrected chi connectivity index (χ3v) is 6.11. The van der Waals surface area contributed by atoms with Gasteiger partial charge in [-0.15, -0.1) is 0 Å². The zero-order valence-electron chi connectivity index (χ0n) is 19.2. The number of benzene rings is 2. The minimum atomic E-state index is -5.26. The van der Waals surface area contributed by atoms with Gasteiger partial charge in [0.25, 0.3) is 5.91 Å². The number of carbonyl (C=O) groups is 3. The van der Waals surface area contributed by atoms with E-state index in [0.717, 1.165) is 29.4 Å². The largest absolute Gasteiger partial charge is 0.480 e. The van der Waals surface area contributed by atoms with E-state index in [4.69, 9.17) is 9.47 Å².